The Hall–Kier alpha value is -2.45. The number of sulfonamides is 1. The molecule has 0 fully saturated rings. The van der Waals surface area contributed by atoms with Gasteiger partial charge in [0.25, 0.3) is 0 Å². The van der Waals surface area contributed by atoms with Gasteiger partial charge in [0, 0.05) is 45.0 Å². The number of carbonyl (C=O) groups is 1. The van der Waals surface area contributed by atoms with Gasteiger partial charge in [-0.25, -0.2) is 12.8 Å². The number of nitrogens with zero attached hydrogens (tertiary/aromatic N) is 2. The van der Waals surface area contributed by atoms with Gasteiger partial charge in [0.1, 0.15) is 5.82 Å². The fourth-order valence-corrected chi connectivity index (χ4v) is 4.80. The number of rotatable bonds is 10. The second-order valence-corrected chi connectivity index (χ2v) is 10.1. The number of hydrogen-bond acceptors (Lipinski definition) is 4. The van der Waals surface area contributed by atoms with E-state index in [1.165, 1.54) is 16.4 Å². The maximum absolute atomic E-state index is 13.3. The molecule has 0 saturated heterocycles. The molecule has 6 nitrogen and oxygen atoms in total. The van der Waals surface area contributed by atoms with Gasteiger partial charge in [-0.1, -0.05) is 20.8 Å². The van der Waals surface area contributed by atoms with Crippen molar-refractivity contribution >= 4 is 27.3 Å². The molecule has 2 aromatic carbocycles. The Morgan fingerprint density at radius 3 is 2.29 bits per heavy atom. The first-order valence-corrected chi connectivity index (χ1v) is 11.8. The molecule has 0 spiro atoms. The van der Waals surface area contributed by atoms with Crippen molar-refractivity contribution in [1.29, 1.82) is 0 Å². The lowest BCUT2D eigenvalue weighted by Gasteiger charge is -2.25. The summed E-state index contributed by atoms with van der Waals surface area (Å²) in [5, 5.41) is 2.89. The van der Waals surface area contributed by atoms with Gasteiger partial charge in [-0.15, -0.1) is 0 Å². The molecule has 1 N–H and O–H groups in total. The fourth-order valence-electron chi connectivity index (χ4n) is 3.29. The molecule has 170 valence electrons. The number of hydrogen-bond donors (Lipinski definition) is 1. The fraction of sp³-hybridized carbons (Fsp3) is 0.435. The zero-order chi connectivity index (χ0) is 23.2. The molecule has 0 aliphatic rings. The van der Waals surface area contributed by atoms with Crippen molar-refractivity contribution in [1.82, 2.24) is 4.31 Å². The van der Waals surface area contributed by atoms with Crippen molar-refractivity contribution in [3.8, 4) is 0 Å². The summed E-state index contributed by atoms with van der Waals surface area (Å²) in [6.07, 6.45) is 1.04. The predicted molar refractivity (Wildman–Crippen MR) is 123 cm³/mol. The third-order valence-corrected chi connectivity index (χ3v) is 6.57. The summed E-state index contributed by atoms with van der Waals surface area (Å²) < 4.78 is 41.1. The minimum absolute atomic E-state index is 0.0511. The first-order valence-electron chi connectivity index (χ1n) is 10.4. The summed E-state index contributed by atoms with van der Waals surface area (Å²) in [6.45, 7) is 6.31. The molecule has 0 atom stereocenters. The van der Waals surface area contributed by atoms with Crippen molar-refractivity contribution in [3.05, 3.63) is 53.8 Å². The molecule has 0 aliphatic carbocycles. The van der Waals surface area contributed by atoms with Crippen LogP contribution in [0.4, 0.5) is 15.8 Å². The standard InChI is InChI=1S/C23H32FN3O3S/c1-6-13-27(31(29,30)21-10-7-19(24)8-11-21)16-18-15-20(9-12-22(18)26(4)5)25-23(28)14-17(2)3/h7-12,15,17H,6,13-14,16H2,1-5H3,(H,25,28). The van der Waals surface area contributed by atoms with Crippen LogP contribution in [0.5, 0.6) is 0 Å². The van der Waals surface area contributed by atoms with E-state index in [9.17, 15) is 17.6 Å². The lowest BCUT2D eigenvalue weighted by atomic mass is 10.1. The van der Waals surface area contributed by atoms with Gasteiger partial charge in [-0.05, 0) is 60.4 Å². The molecule has 31 heavy (non-hydrogen) atoms. The lowest BCUT2D eigenvalue weighted by molar-refractivity contribution is -0.116. The molecular weight excluding hydrogens is 417 g/mol. The molecule has 8 heteroatoms. The summed E-state index contributed by atoms with van der Waals surface area (Å²) in [5.74, 6) is -0.329. The first kappa shape index (κ1) is 24.8. The molecule has 0 bridgehead atoms. The van der Waals surface area contributed by atoms with Crippen molar-refractivity contribution < 1.29 is 17.6 Å². The lowest BCUT2D eigenvalue weighted by Crippen LogP contribution is -2.32. The Morgan fingerprint density at radius 1 is 1.10 bits per heavy atom. The van der Waals surface area contributed by atoms with E-state index >= 15 is 0 Å². The smallest absolute Gasteiger partial charge is 0.243 e. The van der Waals surface area contributed by atoms with Crippen molar-refractivity contribution in [2.24, 2.45) is 5.92 Å². The van der Waals surface area contributed by atoms with E-state index in [0.29, 0.717) is 25.1 Å². The molecule has 0 aliphatic heterocycles. The highest BCUT2D eigenvalue weighted by Gasteiger charge is 2.25. The van der Waals surface area contributed by atoms with Gasteiger partial charge < -0.3 is 10.2 Å². The molecule has 0 saturated carbocycles. The Labute approximate surface area is 185 Å². The maximum atomic E-state index is 13.3. The van der Waals surface area contributed by atoms with Gasteiger partial charge in [-0.3, -0.25) is 4.79 Å². The number of halogens is 1. The van der Waals surface area contributed by atoms with E-state index in [1.54, 1.807) is 0 Å². The average molecular weight is 450 g/mol. The number of benzene rings is 2. The van der Waals surface area contributed by atoms with Crippen molar-refractivity contribution in [3.63, 3.8) is 0 Å². The van der Waals surface area contributed by atoms with E-state index in [2.05, 4.69) is 5.32 Å². The largest absolute Gasteiger partial charge is 0.377 e. The quantitative estimate of drug-likeness (QED) is 0.581. The number of carbonyl (C=O) groups excluding carboxylic acids is 1. The normalized spacial score (nSPS) is 11.7. The highest BCUT2D eigenvalue weighted by atomic mass is 32.2. The van der Waals surface area contributed by atoms with Crippen LogP contribution in [0.25, 0.3) is 0 Å². The summed E-state index contributed by atoms with van der Waals surface area (Å²) in [5.41, 5.74) is 2.26. The van der Waals surface area contributed by atoms with Gasteiger partial charge in [-0.2, -0.15) is 4.31 Å². The van der Waals surface area contributed by atoms with Crippen LogP contribution >= 0.6 is 0 Å². The summed E-state index contributed by atoms with van der Waals surface area (Å²) in [6, 6.07) is 10.4. The highest BCUT2D eigenvalue weighted by molar-refractivity contribution is 7.89. The molecule has 0 aromatic heterocycles. The first-order chi connectivity index (χ1) is 14.5. The van der Waals surface area contributed by atoms with Crippen LogP contribution in [0.3, 0.4) is 0 Å². The molecule has 0 unspecified atom stereocenters. The minimum atomic E-state index is -3.81. The highest BCUT2D eigenvalue weighted by Crippen LogP contribution is 2.27. The van der Waals surface area contributed by atoms with Crippen LogP contribution in [0.2, 0.25) is 0 Å². The van der Waals surface area contributed by atoms with Gasteiger partial charge >= 0.3 is 0 Å². The molecule has 2 aromatic rings. The van der Waals surface area contributed by atoms with Gasteiger partial charge in [0.15, 0.2) is 0 Å². The molecule has 1 amide bonds. The predicted octanol–water partition coefficient (Wildman–Crippen LogP) is 4.48. The summed E-state index contributed by atoms with van der Waals surface area (Å²) >= 11 is 0. The van der Waals surface area contributed by atoms with E-state index in [-0.39, 0.29) is 23.3 Å². The number of nitrogens with one attached hydrogen (secondary N) is 1. The second kappa shape index (κ2) is 10.7. The third-order valence-electron chi connectivity index (χ3n) is 4.71. The van der Waals surface area contributed by atoms with Gasteiger partial charge in [0.05, 0.1) is 4.90 Å². The Kier molecular flexibility index (Phi) is 8.59. The summed E-state index contributed by atoms with van der Waals surface area (Å²) in [4.78, 5) is 14.1. The second-order valence-electron chi connectivity index (χ2n) is 8.18. The van der Waals surface area contributed by atoms with E-state index in [0.717, 1.165) is 23.4 Å². The number of anilines is 2. The SMILES string of the molecule is CCCN(Cc1cc(NC(=O)CC(C)C)ccc1N(C)C)S(=O)(=O)c1ccc(F)cc1. The third kappa shape index (κ3) is 6.77. The Bertz CT molecular complexity index is 990. The van der Waals surface area contributed by atoms with Crippen LogP contribution in [0.15, 0.2) is 47.4 Å². The molecule has 0 heterocycles. The van der Waals surface area contributed by atoms with E-state index < -0.39 is 15.8 Å². The van der Waals surface area contributed by atoms with Crippen LogP contribution in [-0.2, 0) is 21.4 Å². The van der Waals surface area contributed by atoms with E-state index in [4.69, 9.17) is 0 Å². The zero-order valence-corrected chi connectivity index (χ0v) is 19.7. The topological polar surface area (TPSA) is 69.7 Å². The van der Waals surface area contributed by atoms with Crippen molar-refractivity contribution in [2.45, 2.75) is 45.1 Å². The summed E-state index contributed by atoms with van der Waals surface area (Å²) in [7, 11) is -0.0448. The van der Waals surface area contributed by atoms with E-state index in [1.807, 2.05) is 58.0 Å². The maximum Gasteiger partial charge on any atom is 0.243 e. The Balaban J connectivity index is 2.39. The monoisotopic (exact) mass is 449 g/mol. The van der Waals surface area contributed by atoms with Crippen molar-refractivity contribution in [2.75, 3.05) is 30.9 Å². The van der Waals surface area contributed by atoms with Crippen LogP contribution in [0, 0.1) is 11.7 Å². The molecule has 0 radical (unpaired) electrons. The minimum Gasteiger partial charge on any atom is -0.377 e. The molecular formula is C23H32FN3O3S. The van der Waals surface area contributed by atoms with Crippen LogP contribution in [-0.4, -0.2) is 39.3 Å². The van der Waals surface area contributed by atoms with Crippen LogP contribution in [0.1, 0.15) is 39.2 Å². The Morgan fingerprint density at radius 2 is 1.74 bits per heavy atom. The molecule has 2 rings (SSSR count). The van der Waals surface area contributed by atoms with Crippen LogP contribution < -0.4 is 10.2 Å². The number of amides is 1. The zero-order valence-electron chi connectivity index (χ0n) is 18.9. The average Bonchev–Trinajstić information content (AvgIpc) is 2.67. The van der Waals surface area contributed by atoms with Gasteiger partial charge in [0.2, 0.25) is 15.9 Å².